The van der Waals surface area contributed by atoms with Crippen LogP contribution < -0.4 is 5.32 Å². The molecule has 1 saturated heterocycles. The summed E-state index contributed by atoms with van der Waals surface area (Å²) in [5.74, 6) is 0.907. The molecular weight excluding hydrogens is 268 g/mol. The summed E-state index contributed by atoms with van der Waals surface area (Å²) in [6.45, 7) is 9.58. The van der Waals surface area contributed by atoms with Gasteiger partial charge in [0, 0.05) is 16.3 Å². The zero-order valence-electron chi connectivity index (χ0n) is 12.8. The van der Waals surface area contributed by atoms with Crippen LogP contribution in [0.3, 0.4) is 0 Å². The number of thiophene rings is 1. The topological polar surface area (TPSA) is 32.3 Å². The quantitative estimate of drug-likeness (QED) is 0.923. The standard InChI is InChI=1S/C16H24N2OS/c1-10(2)16(7-8-16)9-18-14(17-12(4)15(18)19)13-6-5-11(3)20-13/h5-6,10,12,14,17H,7-9H2,1-4H3. The average molecular weight is 292 g/mol. The number of carbonyl (C=O) groups is 1. The van der Waals surface area contributed by atoms with Crippen molar-refractivity contribution >= 4 is 17.2 Å². The van der Waals surface area contributed by atoms with Crippen molar-refractivity contribution < 1.29 is 4.79 Å². The third kappa shape index (κ3) is 2.29. The number of hydrogen-bond acceptors (Lipinski definition) is 3. The van der Waals surface area contributed by atoms with Gasteiger partial charge in [0.2, 0.25) is 5.91 Å². The predicted octanol–water partition coefficient (Wildman–Crippen LogP) is 3.31. The fourth-order valence-corrected chi connectivity index (χ4v) is 4.15. The number of nitrogens with one attached hydrogen (secondary N) is 1. The van der Waals surface area contributed by atoms with Gasteiger partial charge in [-0.05, 0) is 50.2 Å². The van der Waals surface area contributed by atoms with Crippen molar-refractivity contribution in [2.75, 3.05) is 6.54 Å². The van der Waals surface area contributed by atoms with Crippen LogP contribution in [0.1, 0.15) is 49.5 Å². The molecule has 2 unspecified atom stereocenters. The summed E-state index contributed by atoms with van der Waals surface area (Å²) in [5, 5.41) is 3.46. The predicted molar refractivity (Wildman–Crippen MR) is 82.6 cm³/mol. The molecule has 4 heteroatoms. The Hall–Kier alpha value is -0.870. The minimum Gasteiger partial charge on any atom is -0.320 e. The molecule has 0 bridgehead atoms. The van der Waals surface area contributed by atoms with E-state index >= 15 is 0 Å². The molecule has 1 aromatic rings. The molecular formula is C16H24N2OS. The monoisotopic (exact) mass is 292 g/mol. The number of hydrogen-bond donors (Lipinski definition) is 1. The number of rotatable bonds is 4. The Bertz CT molecular complexity index is 518. The molecule has 1 saturated carbocycles. The molecule has 3 rings (SSSR count). The highest BCUT2D eigenvalue weighted by Crippen LogP contribution is 2.53. The van der Waals surface area contributed by atoms with Crippen molar-refractivity contribution in [1.29, 1.82) is 0 Å². The molecule has 20 heavy (non-hydrogen) atoms. The lowest BCUT2D eigenvalue weighted by Gasteiger charge is -2.30. The zero-order valence-corrected chi connectivity index (χ0v) is 13.6. The van der Waals surface area contributed by atoms with Crippen LogP contribution in [0.5, 0.6) is 0 Å². The summed E-state index contributed by atoms with van der Waals surface area (Å²) in [6.07, 6.45) is 2.60. The molecule has 1 amide bonds. The second kappa shape index (κ2) is 4.85. The maximum atomic E-state index is 12.5. The lowest BCUT2D eigenvalue weighted by molar-refractivity contribution is -0.130. The second-order valence-corrected chi connectivity index (χ2v) is 8.04. The molecule has 2 heterocycles. The van der Waals surface area contributed by atoms with Gasteiger partial charge in [0.1, 0.15) is 6.17 Å². The number of carbonyl (C=O) groups excluding carboxylic acids is 1. The molecule has 3 nitrogen and oxygen atoms in total. The van der Waals surface area contributed by atoms with E-state index < -0.39 is 0 Å². The van der Waals surface area contributed by atoms with Gasteiger partial charge in [-0.3, -0.25) is 10.1 Å². The van der Waals surface area contributed by atoms with Gasteiger partial charge >= 0.3 is 0 Å². The first-order chi connectivity index (χ1) is 9.43. The first-order valence-electron chi connectivity index (χ1n) is 7.56. The smallest absolute Gasteiger partial charge is 0.241 e. The van der Waals surface area contributed by atoms with Gasteiger partial charge in [0.05, 0.1) is 6.04 Å². The number of aryl methyl sites for hydroxylation is 1. The van der Waals surface area contributed by atoms with E-state index in [0.29, 0.717) is 11.3 Å². The highest BCUT2D eigenvalue weighted by atomic mass is 32.1. The van der Waals surface area contributed by atoms with Gasteiger partial charge in [0.25, 0.3) is 0 Å². The minimum absolute atomic E-state index is 0.0645. The first-order valence-corrected chi connectivity index (χ1v) is 8.37. The molecule has 1 N–H and O–H groups in total. The lowest BCUT2D eigenvalue weighted by atomic mass is 9.91. The van der Waals surface area contributed by atoms with Gasteiger partial charge in [-0.15, -0.1) is 11.3 Å². The van der Waals surface area contributed by atoms with Crippen molar-refractivity contribution in [2.24, 2.45) is 11.3 Å². The van der Waals surface area contributed by atoms with Crippen molar-refractivity contribution in [2.45, 2.75) is 52.7 Å². The van der Waals surface area contributed by atoms with Crippen LogP contribution in [0.4, 0.5) is 0 Å². The Morgan fingerprint density at radius 2 is 2.15 bits per heavy atom. The van der Waals surface area contributed by atoms with Crippen LogP contribution in [-0.2, 0) is 4.79 Å². The fourth-order valence-electron chi connectivity index (χ4n) is 3.20. The Morgan fingerprint density at radius 1 is 1.45 bits per heavy atom. The molecule has 1 aliphatic carbocycles. The van der Waals surface area contributed by atoms with Crippen LogP contribution in [-0.4, -0.2) is 23.4 Å². The van der Waals surface area contributed by atoms with Gasteiger partial charge < -0.3 is 4.90 Å². The molecule has 2 fully saturated rings. The van der Waals surface area contributed by atoms with E-state index in [4.69, 9.17) is 0 Å². The molecule has 0 radical (unpaired) electrons. The highest BCUT2D eigenvalue weighted by molar-refractivity contribution is 7.12. The van der Waals surface area contributed by atoms with Crippen LogP contribution in [0.2, 0.25) is 0 Å². The highest BCUT2D eigenvalue weighted by Gasteiger charge is 2.50. The summed E-state index contributed by atoms with van der Waals surface area (Å²) in [4.78, 5) is 17.1. The van der Waals surface area contributed by atoms with Gasteiger partial charge in [-0.25, -0.2) is 0 Å². The number of nitrogens with zero attached hydrogens (tertiary/aromatic N) is 1. The summed E-state index contributed by atoms with van der Waals surface area (Å²) in [5.41, 5.74) is 0.367. The maximum Gasteiger partial charge on any atom is 0.241 e. The largest absolute Gasteiger partial charge is 0.320 e. The van der Waals surface area contributed by atoms with Crippen molar-refractivity contribution in [3.63, 3.8) is 0 Å². The summed E-state index contributed by atoms with van der Waals surface area (Å²) >= 11 is 1.79. The Labute approximate surface area is 125 Å². The summed E-state index contributed by atoms with van der Waals surface area (Å²) in [6, 6.07) is 4.23. The Balaban J connectivity index is 1.84. The van der Waals surface area contributed by atoms with Crippen molar-refractivity contribution in [3.05, 3.63) is 21.9 Å². The van der Waals surface area contributed by atoms with Crippen LogP contribution in [0.15, 0.2) is 12.1 Å². The van der Waals surface area contributed by atoms with E-state index in [1.807, 2.05) is 6.92 Å². The third-order valence-electron chi connectivity index (χ3n) is 5.01. The molecule has 2 atom stereocenters. The minimum atomic E-state index is -0.0645. The molecule has 0 aromatic carbocycles. The van der Waals surface area contributed by atoms with Gasteiger partial charge in [-0.2, -0.15) is 0 Å². The molecule has 110 valence electrons. The molecule has 1 aliphatic heterocycles. The normalized spacial score (nSPS) is 28.4. The van der Waals surface area contributed by atoms with Crippen LogP contribution >= 0.6 is 11.3 Å². The van der Waals surface area contributed by atoms with E-state index in [1.165, 1.54) is 22.6 Å². The van der Waals surface area contributed by atoms with Crippen LogP contribution in [0.25, 0.3) is 0 Å². The van der Waals surface area contributed by atoms with E-state index in [1.54, 1.807) is 11.3 Å². The first kappa shape index (κ1) is 14.1. The second-order valence-electron chi connectivity index (χ2n) is 6.72. The summed E-state index contributed by atoms with van der Waals surface area (Å²) < 4.78 is 0. The lowest BCUT2D eigenvalue weighted by Crippen LogP contribution is -2.37. The zero-order chi connectivity index (χ0) is 14.5. The number of amides is 1. The van der Waals surface area contributed by atoms with Crippen molar-refractivity contribution in [3.8, 4) is 0 Å². The molecule has 1 aromatic heterocycles. The molecule has 0 spiro atoms. The Kier molecular flexibility index (Phi) is 3.41. The third-order valence-corrected chi connectivity index (χ3v) is 6.06. The van der Waals surface area contributed by atoms with Gasteiger partial charge in [-0.1, -0.05) is 13.8 Å². The van der Waals surface area contributed by atoms with E-state index in [9.17, 15) is 4.79 Å². The average Bonchev–Trinajstić information content (AvgIpc) is 2.99. The summed E-state index contributed by atoms with van der Waals surface area (Å²) in [7, 11) is 0. The maximum absolute atomic E-state index is 12.5. The van der Waals surface area contributed by atoms with Crippen LogP contribution in [0, 0.1) is 18.3 Å². The van der Waals surface area contributed by atoms with E-state index in [2.05, 4.69) is 43.1 Å². The SMILES string of the molecule is Cc1ccc(C2NC(C)C(=O)N2CC2(C(C)C)CC2)s1. The van der Waals surface area contributed by atoms with Gasteiger partial charge in [0.15, 0.2) is 0 Å². The fraction of sp³-hybridized carbons (Fsp3) is 0.688. The Morgan fingerprint density at radius 3 is 2.65 bits per heavy atom. The van der Waals surface area contributed by atoms with E-state index in [-0.39, 0.29) is 18.1 Å². The van der Waals surface area contributed by atoms with Crippen molar-refractivity contribution in [1.82, 2.24) is 10.2 Å². The van der Waals surface area contributed by atoms with E-state index in [0.717, 1.165) is 6.54 Å². The molecule has 2 aliphatic rings.